The van der Waals surface area contributed by atoms with Crippen molar-refractivity contribution in [3.05, 3.63) is 91.5 Å². The summed E-state index contributed by atoms with van der Waals surface area (Å²) in [5.41, 5.74) is 8.16. The van der Waals surface area contributed by atoms with E-state index in [4.69, 9.17) is 19.7 Å². The maximum Gasteiger partial charge on any atom is 0.462 e. The van der Waals surface area contributed by atoms with E-state index in [1.54, 1.807) is 39.0 Å². The molecule has 5 atom stereocenters. The van der Waals surface area contributed by atoms with Crippen molar-refractivity contribution in [2.75, 3.05) is 19.8 Å². The summed E-state index contributed by atoms with van der Waals surface area (Å²) in [6.07, 6.45) is -54.2. The molecular weight excluding hydrogens is 1200 g/mol. The molecule has 0 radical (unpaired) electrons. The number of rotatable bonds is 19. The topological polar surface area (TPSA) is 173 Å². The van der Waals surface area contributed by atoms with E-state index in [0.717, 1.165) is 21.2 Å². The van der Waals surface area contributed by atoms with Crippen LogP contribution in [0.2, 0.25) is 0 Å². The minimum Gasteiger partial charge on any atom is -0.511 e. The molecule has 6 aliphatic rings. The second kappa shape index (κ2) is 21.6. The molecule has 3 unspecified atom stereocenters. The number of carbonyl (C=O) groups is 2. The number of hydrogen-bond acceptors (Lipinski definition) is 12. The lowest BCUT2D eigenvalue weighted by Crippen LogP contribution is -2.71. The number of allylic oxidation sites excluding steroid dienone is 11. The van der Waals surface area contributed by atoms with E-state index in [2.05, 4.69) is 5.32 Å². The van der Waals surface area contributed by atoms with Crippen LogP contribution in [0.1, 0.15) is 66.7 Å². The van der Waals surface area contributed by atoms with E-state index in [-0.39, 0.29) is 18.6 Å². The minimum atomic E-state index is -8.84. The van der Waals surface area contributed by atoms with E-state index in [0.29, 0.717) is 79.9 Å². The van der Waals surface area contributed by atoms with Crippen LogP contribution in [-0.2, 0) is 28.5 Å². The van der Waals surface area contributed by atoms with Gasteiger partial charge in [0.1, 0.15) is 5.76 Å². The van der Waals surface area contributed by atoms with Crippen molar-refractivity contribution in [2.45, 2.75) is 133 Å². The molecule has 0 aromatic rings. The number of ether oxygens (including phenoxy) is 4. The van der Waals surface area contributed by atoms with Crippen LogP contribution in [-0.4, -0.2) is 126 Å². The van der Waals surface area contributed by atoms with Gasteiger partial charge in [0, 0.05) is 59.3 Å². The van der Waals surface area contributed by atoms with Crippen molar-refractivity contribution >= 4 is 29.0 Å². The van der Waals surface area contributed by atoms with Crippen LogP contribution in [0.15, 0.2) is 106 Å². The molecule has 1 aliphatic carbocycles. The van der Waals surface area contributed by atoms with Crippen molar-refractivity contribution in [1.82, 2.24) is 10.6 Å². The molecular formula is C47H40F23N5O8. The average molecular weight is 1240 g/mol. The molecule has 0 saturated carbocycles. The highest BCUT2D eigenvalue weighted by Crippen LogP contribution is 2.60. The largest absolute Gasteiger partial charge is 0.511 e. The van der Waals surface area contributed by atoms with E-state index in [9.17, 15) is 112 Å². The van der Waals surface area contributed by atoms with Crippen molar-refractivity contribution < 1.29 is 140 Å². The molecule has 4 N–H and O–H groups in total. The Balaban J connectivity index is 1.18. The van der Waals surface area contributed by atoms with Crippen LogP contribution in [0.25, 0.3) is 0 Å². The highest BCUT2D eigenvalue weighted by molar-refractivity contribution is 6.21. The summed E-state index contributed by atoms with van der Waals surface area (Å²) in [5, 5.41) is 25.8. The molecule has 0 aromatic carbocycles. The van der Waals surface area contributed by atoms with Gasteiger partial charge >= 0.3 is 72.5 Å². The molecule has 5 aliphatic heterocycles. The first kappa shape index (κ1) is 65.8. The third-order valence-electron chi connectivity index (χ3n) is 13.5. The predicted molar refractivity (Wildman–Crippen MR) is 236 cm³/mol. The molecule has 0 spiro atoms. The smallest absolute Gasteiger partial charge is 0.462 e. The van der Waals surface area contributed by atoms with E-state index in [1.807, 2.05) is 18.6 Å². The molecule has 13 nitrogen and oxygen atoms in total. The third kappa shape index (κ3) is 11.4. The van der Waals surface area contributed by atoms with Crippen LogP contribution in [0.5, 0.6) is 0 Å². The highest BCUT2D eigenvalue weighted by atomic mass is 19.4. The van der Waals surface area contributed by atoms with Crippen molar-refractivity contribution in [1.29, 1.82) is 0 Å². The van der Waals surface area contributed by atoms with Gasteiger partial charge in [0.05, 0.1) is 47.4 Å². The summed E-state index contributed by atoms with van der Waals surface area (Å²) < 4.78 is 326. The summed E-state index contributed by atoms with van der Waals surface area (Å²) >= 11 is 0. The summed E-state index contributed by atoms with van der Waals surface area (Å²) in [4.78, 5) is 39.9. The standard InChI is InChI=1S/C47H40F23N5O8/c1-6-21-17(2)26-14-30-24(16-76)19(4)25(73-30)13-27-18(3)22(34(74-27)23-12-31(77)33-20(5)28(75-35(23)33)15-29(21)72-26)8-9-32(78)80-11-7-10-71-36(79)37(48,41(53,54)55)81-46(67,68)39(51,43(59,60)61)83-47(69,70)40(52,44(62,63)64)82-45(65,66)38(49,50)42(56,57)58/h13-15,18,22,74,76-77H,6-12,16H2,1-5H3,(H,71,79)/t18-,22-,37?,39?,40?/m0/s1. The van der Waals surface area contributed by atoms with Crippen LogP contribution >= 0.6 is 0 Å². The number of nitrogens with zero attached hydrogens (tertiary/aromatic N) is 3. The number of aliphatic hydroxyl groups excluding tert-OH is 2. The minimum absolute atomic E-state index is 0.0468. The molecule has 1 saturated heterocycles. The number of esters is 1. The number of aliphatic imine (C=N–C) groups is 3. The molecule has 1 fully saturated rings. The first-order chi connectivity index (χ1) is 37.6. The lowest BCUT2D eigenvalue weighted by molar-refractivity contribution is -0.577. The summed E-state index contributed by atoms with van der Waals surface area (Å²) in [6.45, 7) is 6.03. The Labute approximate surface area is 450 Å². The predicted octanol–water partition coefficient (Wildman–Crippen LogP) is 12.2. The number of aliphatic hydroxyl groups is 2. The average Bonchev–Trinajstić information content (AvgIpc) is 3.40. The first-order valence-electron chi connectivity index (χ1n) is 23.6. The molecule has 83 heavy (non-hydrogen) atoms. The van der Waals surface area contributed by atoms with Crippen LogP contribution < -0.4 is 10.6 Å². The van der Waals surface area contributed by atoms with Gasteiger partial charge in [-0.05, 0) is 80.6 Å². The maximum atomic E-state index is 15.2. The number of nitrogens with one attached hydrogen (secondary N) is 2. The van der Waals surface area contributed by atoms with Gasteiger partial charge < -0.3 is 25.6 Å². The summed E-state index contributed by atoms with van der Waals surface area (Å²) in [7, 11) is 0. The Morgan fingerprint density at radius 1 is 0.675 bits per heavy atom. The van der Waals surface area contributed by atoms with Gasteiger partial charge in [0.25, 0.3) is 5.91 Å². The molecule has 8 bridgehead atoms. The summed E-state index contributed by atoms with van der Waals surface area (Å²) in [6, 6.07) is 0. The fourth-order valence-corrected chi connectivity index (χ4v) is 8.96. The molecule has 6 rings (SSSR count). The molecule has 1 amide bonds. The van der Waals surface area contributed by atoms with Crippen molar-refractivity contribution in [3.8, 4) is 0 Å². The number of hydrogen-bond donors (Lipinski definition) is 4. The van der Waals surface area contributed by atoms with Gasteiger partial charge in [-0.2, -0.15) is 101 Å². The number of amides is 1. The Kier molecular flexibility index (Phi) is 17.2. The molecule has 0 aromatic heterocycles. The molecule has 462 valence electrons. The van der Waals surface area contributed by atoms with Gasteiger partial charge in [0.15, 0.2) is 0 Å². The number of halogens is 23. The van der Waals surface area contributed by atoms with Crippen LogP contribution in [0.4, 0.5) is 101 Å². The zero-order chi connectivity index (χ0) is 63.2. The van der Waals surface area contributed by atoms with Gasteiger partial charge in [-0.1, -0.05) is 13.8 Å². The van der Waals surface area contributed by atoms with Crippen LogP contribution in [0.3, 0.4) is 0 Å². The quantitative estimate of drug-likeness (QED) is 0.0558. The lowest BCUT2D eigenvalue weighted by Gasteiger charge is -2.42. The van der Waals surface area contributed by atoms with Gasteiger partial charge in [0.2, 0.25) is 0 Å². The maximum absolute atomic E-state index is 15.2. The highest BCUT2D eigenvalue weighted by Gasteiger charge is 2.88. The number of carbonyl (C=O) groups excluding carboxylic acids is 2. The van der Waals surface area contributed by atoms with E-state index in [1.165, 1.54) is 4.74 Å². The SMILES string of the molecule is CCC1=C(C)C2=NC1=CC1=C(C)C3=C(O)CC(=C4NC(=CC5=NC(=C2)C(CO)=C5C)[C@@H](C)[C@@H]4CCC(=O)OCCCNC(=O)C(F)(OC(F)(F)C(F)(OC(F)(F)C(F)(OC(F)(F)C(F)(F)C(F)(F)F)C(F)(F)F)C(F)(F)F)C(F)(F)F)C3=N1. The second-order valence-corrected chi connectivity index (χ2v) is 18.8. The van der Waals surface area contributed by atoms with E-state index < -0.39 is 123 Å². The zero-order valence-corrected chi connectivity index (χ0v) is 42.4. The normalized spacial score (nSPS) is 22.5. The fraction of sp³-hybridized carbons (Fsp3) is 0.553. The monoisotopic (exact) mass is 1240 g/mol. The Morgan fingerprint density at radius 2 is 1.19 bits per heavy atom. The van der Waals surface area contributed by atoms with Gasteiger partial charge in [-0.3, -0.25) is 23.8 Å². The Bertz CT molecular complexity index is 3070. The first-order valence-corrected chi connectivity index (χ1v) is 23.6. The summed E-state index contributed by atoms with van der Waals surface area (Å²) in [5.74, 6) is -39.1. The van der Waals surface area contributed by atoms with Gasteiger partial charge in [-0.25, -0.2) is 15.0 Å². The number of alkyl halides is 23. The van der Waals surface area contributed by atoms with E-state index >= 15 is 8.78 Å². The van der Waals surface area contributed by atoms with Crippen molar-refractivity contribution in [3.63, 3.8) is 0 Å². The van der Waals surface area contributed by atoms with Crippen LogP contribution in [0, 0.1) is 11.8 Å². The number of fused-ring (bicyclic) bond motifs is 5. The lowest BCUT2D eigenvalue weighted by atomic mass is 9.86. The molecule has 5 heterocycles. The molecule has 36 heteroatoms. The Morgan fingerprint density at radius 3 is 1.71 bits per heavy atom. The third-order valence-corrected chi connectivity index (χ3v) is 13.5. The van der Waals surface area contributed by atoms with Gasteiger partial charge in [-0.15, -0.1) is 0 Å². The Hall–Kier alpha value is -6.30. The zero-order valence-electron chi connectivity index (χ0n) is 42.4. The van der Waals surface area contributed by atoms with Crippen molar-refractivity contribution in [2.24, 2.45) is 26.8 Å². The fourth-order valence-electron chi connectivity index (χ4n) is 8.96. The second-order valence-electron chi connectivity index (χ2n) is 18.8.